The molecule has 1 aliphatic heterocycles. The molecule has 0 unspecified atom stereocenters. The lowest BCUT2D eigenvalue weighted by Gasteiger charge is -2.25. The van der Waals surface area contributed by atoms with Crippen LogP contribution in [0.2, 0.25) is 0 Å². The third-order valence-electron chi connectivity index (χ3n) is 4.30. The zero-order valence-corrected chi connectivity index (χ0v) is 14.8. The third kappa shape index (κ3) is 4.78. The van der Waals surface area contributed by atoms with Crippen LogP contribution in [0.1, 0.15) is 32.3 Å². The number of benzene rings is 1. The molecular formula is C18H29N3O2. The highest BCUT2D eigenvalue weighted by molar-refractivity contribution is 5.79. The van der Waals surface area contributed by atoms with Crippen LogP contribution in [0, 0.1) is 5.92 Å². The Hall–Kier alpha value is -1.91. The summed E-state index contributed by atoms with van der Waals surface area (Å²) in [7, 11) is 3.88. The van der Waals surface area contributed by atoms with Crippen molar-refractivity contribution in [3.05, 3.63) is 23.8 Å². The maximum absolute atomic E-state index is 5.65. The number of guanidine groups is 1. The number of hydrogen-bond acceptors (Lipinski definition) is 3. The number of nitrogens with one attached hydrogen (secondary N) is 1. The van der Waals surface area contributed by atoms with Gasteiger partial charge in [0.2, 0.25) is 0 Å². The van der Waals surface area contributed by atoms with Crippen molar-refractivity contribution in [1.82, 2.24) is 10.2 Å². The van der Waals surface area contributed by atoms with Gasteiger partial charge in [0, 0.05) is 27.2 Å². The van der Waals surface area contributed by atoms with Gasteiger partial charge in [0.1, 0.15) is 13.2 Å². The predicted octanol–water partition coefficient (Wildman–Crippen LogP) is 2.90. The van der Waals surface area contributed by atoms with Gasteiger partial charge in [-0.1, -0.05) is 32.8 Å². The topological polar surface area (TPSA) is 46.1 Å². The maximum atomic E-state index is 5.65. The first-order valence-electron chi connectivity index (χ1n) is 8.48. The summed E-state index contributed by atoms with van der Waals surface area (Å²) in [6.45, 7) is 7.45. The highest BCUT2D eigenvalue weighted by Crippen LogP contribution is 2.31. The number of hydrogen-bond donors (Lipinski definition) is 1. The van der Waals surface area contributed by atoms with Crippen molar-refractivity contribution in [2.45, 2.75) is 33.2 Å². The van der Waals surface area contributed by atoms with E-state index in [2.05, 4.69) is 48.2 Å². The monoisotopic (exact) mass is 319 g/mol. The molecular weight excluding hydrogens is 290 g/mol. The van der Waals surface area contributed by atoms with Crippen LogP contribution in [0.25, 0.3) is 0 Å². The molecule has 2 rings (SSSR count). The summed E-state index contributed by atoms with van der Waals surface area (Å²) in [6, 6.07) is 6.12. The van der Waals surface area contributed by atoms with Crippen molar-refractivity contribution >= 4 is 5.96 Å². The van der Waals surface area contributed by atoms with Gasteiger partial charge in [0.05, 0.1) is 0 Å². The van der Waals surface area contributed by atoms with Gasteiger partial charge < -0.3 is 19.7 Å². The lowest BCUT2D eigenvalue weighted by Crippen LogP contribution is -2.40. The average molecular weight is 319 g/mol. The average Bonchev–Trinajstić information content (AvgIpc) is 2.58. The molecule has 1 aromatic rings. The Balaban J connectivity index is 1.95. The van der Waals surface area contributed by atoms with Crippen molar-refractivity contribution in [3.8, 4) is 11.5 Å². The Morgan fingerprint density at radius 2 is 1.91 bits per heavy atom. The number of rotatable bonds is 6. The summed E-state index contributed by atoms with van der Waals surface area (Å²) in [5.41, 5.74) is 1.18. The largest absolute Gasteiger partial charge is 0.486 e. The standard InChI is InChI=1S/C18H29N3O2/c1-5-14(6-2)12-20-18(19-3)21(4)13-15-7-8-16-17(11-15)23-10-9-22-16/h7-8,11,14H,5-6,9-10,12-13H2,1-4H3,(H,19,20). The van der Waals surface area contributed by atoms with Crippen LogP contribution >= 0.6 is 0 Å². The second kappa shape index (κ2) is 8.65. The summed E-state index contributed by atoms with van der Waals surface area (Å²) >= 11 is 0. The summed E-state index contributed by atoms with van der Waals surface area (Å²) in [4.78, 5) is 6.52. The fourth-order valence-corrected chi connectivity index (χ4v) is 2.73. The van der Waals surface area contributed by atoms with E-state index < -0.39 is 0 Å². The summed E-state index contributed by atoms with van der Waals surface area (Å²) in [5, 5.41) is 3.47. The second-order valence-electron chi connectivity index (χ2n) is 5.94. The zero-order chi connectivity index (χ0) is 16.7. The minimum Gasteiger partial charge on any atom is -0.486 e. The highest BCUT2D eigenvalue weighted by Gasteiger charge is 2.14. The first-order valence-corrected chi connectivity index (χ1v) is 8.48. The van der Waals surface area contributed by atoms with Crippen molar-refractivity contribution in [2.24, 2.45) is 10.9 Å². The van der Waals surface area contributed by atoms with Gasteiger partial charge in [-0.15, -0.1) is 0 Å². The van der Waals surface area contributed by atoms with E-state index in [1.807, 2.05) is 13.1 Å². The molecule has 1 aromatic carbocycles. The van der Waals surface area contributed by atoms with Gasteiger partial charge in [-0.25, -0.2) is 0 Å². The van der Waals surface area contributed by atoms with E-state index in [1.165, 1.54) is 18.4 Å². The summed E-state index contributed by atoms with van der Waals surface area (Å²) < 4.78 is 11.2. The van der Waals surface area contributed by atoms with Gasteiger partial charge in [-0.3, -0.25) is 4.99 Å². The molecule has 0 amide bonds. The Morgan fingerprint density at radius 1 is 1.22 bits per heavy atom. The SMILES string of the molecule is CCC(CC)CNC(=NC)N(C)Cc1ccc2c(c1)OCCO2. The Labute approximate surface area is 139 Å². The summed E-state index contributed by atoms with van der Waals surface area (Å²) in [5.74, 6) is 3.28. The fraction of sp³-hybridized carbons (Fsp3) is 0.611. The van der Waals surface area contributed by atoms with Crippen molar-refractivity contribution in [2.75, 3.05) is 33.9 Å². The van der Waals surface area contributed by atoms with Gasteiger partial charge in [-0.2, -0.15) is 0 Å². The Bertz CT molecular complexity index is 527. The molecule has 1 aliphatic rings. The molecule has 0 saturated heterocycles. The minimum absolute atomic E-state index is 0.616. The second-order valence-corrected chi connectivity index (χ2v) is 5.94. The fourth-order valence-electron chi connectivity index (χ4n) is 2.73. The van der Waals surface area contributed by atoms with Crippen LogP contribution in [-0.4, -0.2) is 44.7 Å². The molecule has 23 heavy (non-hydrogen) atoms. The highest BCUT2D eigenvalue weighted by atomic mass is 16.6. The van der Waals surface area contributed by atoms with Crippen LogP contribution in [0.4, 0.5) is 0 Å². The number of aliphatic imine (C=N–C) groups is 1. The van der Waals surface area contributed by atoms with Crippen LogP contribution < -0.4 is 14.8 Å². The predicted molar refractivity (Wildman–Crippen MR) is 94.3 cm³/mol. The molecule has 5 heteroatoms. The quantitative estimate of drug-likeness (QED) is 0.647. The molecule has 1 heterocycles. The molecule has 128 valence electrons. The Morgan fingerprint density at radius 3 is 2.57 bits per heavy atom. The van der Waals surface area contributed by atoms with Gasteiger partial charge in [0.15, 0.2) is 17.5 Å². The minimum atomic E-state index is 0.616. The van der Waals surface area contributed by atoms with E-state index in [0.29, 0.717) is 19.1 Å². The number of ether oxygens (including phenoxy) is 2. The molecule has 0 saturated carbocycles. The van der Waals surface area contributed by atoms with Gasteiger partial charge >= 0.3 is 0 Å². The Kier molecular flexibility index (Phi) is 6.56. The first kappa shape index (κ1) is 17.4. The molecule has 0 atom stereocenters. The van der Waals surface area contributed by atoms with Crippen LogP contribution in [0.15, 0.2) is 23.2 Å². The van der Waals surface area contributed by atoms with E-state index in [-0.39, 0.29) is 0 Å². The van der Waals surface area contributed by atoms with E-state index in [4.69, 9.17) is 9.47 Å². The molecule has 5 nitrogen and oxygen atoms in total. The van der Waals surface area contributed by atoms with Gasteiger partial charge in [-0.05, 0) is 23.6 Å². The molecule has 0 aromatic heterocycles. The lowest BCUT2D eigenvalue weighted by molar-refractivity contribution is 0.171. The zero-order valence-electron chi connectivity index (χ0n) is 14.8. The molecule has 0 radical (unpaired) electrons. The van der Waals surface area contributed by atoms with E-state index >= 15 is 0 Å². The molecule has 0 fully saturated rings. The van der Waals surface area contributed by atoms with Crippen molar-refractivity contribution in [1.29, 1.82) is 0 Å². The normalized spacial score (nSPS) is 14.0. The van der Waals surface area contributed by atoms with Crippen LogP contribution in [0.3, 0.4) is 0 Å². The van der Waals surface area contributed by atoms with Crippen molar-refractivity contribution in [3.63, 3.8) is 0 Å². The molecule has 0 spiro atoms. The van der Waals surface area contributed by atoms with Crippen LogP contribution in [0.5, 0.6) is 11.5 Å². The molecule has 0 aliphatic carbocycles. The van der Waals surface area contributed by atoms with Gasteiger partial charge in [0.25, 0.3) is 0 Å². The molecule has 0 bridgehead atoms. The molecule has 1 N–H and O–H groups in total. The smallest absolute Gasteiger partial charge is 0.193 e. The van der Waals surface area contributed by atoms with Crippen molar-refractivity contribution < 1.29 is 9.47 Å². The lowest BCUT2D eigenvalue weighted by atomic mass is 10.0. The maximum Gasteiger partial charge on any atom is 0.193 e. The van der Waals surface area contributed by atoms with Crippen LogP contribution in [-0.2, 0) is 6.54 Å². The first-order chi connectivity index (χ1) is 11.2. The number of nitrogens with zero attached hydrogens (tertiary/aromatic N) is 2. The summed E-state index contributed by atoms with van der Waals surface area (Å²) in [6.07, 6.45) is 2.37. The van der Waals surface area contributed by atoms with E-state index in [9.17, 15) is 0 Å². The third-order valence-corrected chi connectivity index (χ3v) is 4.30. The number of fused-ring (bicyclic) bond motifs is 1. The van der Waals surface area contributed by atoms with E-state index in [0.717, 1.165) is 30.5 Å². The van der Waals surface area contributed by atoms with E-state index in [1.54, 1.807) is 0 Å².